The van der Waals surface area contributed by atoms with Crippen molar-refractivity contribution in [3.8, 4) is 0 Å². The summed E-state index contributed by atoms with van der Waals surface area (Å²) in [6.45, 7) is 4.28. The molecule has 1 aromatic rings. The Hall–Kier alpha value is -1.22. The maximum Gasteiger partial charge on any atom is 0.131 e. The highest BCUT2D eigenvalue weighted by molar-refractivity contribution is 5.29. The van der Waals surface area contributed by atoms with Gasteiger partial charge in [0.25, 0.3) is 0 Å². The van der Waals surface area contributed by atoms with Crippen LogP contribution in [0.5, 0.6) is 0 Å². The first-order chi connectivity index (χ1) is 9.13. The van der Waals surface area contributed by atoms with Crippen molar-refractivity contribution >= 4 is 0 Å². The molecule has 0 aliphatic carbocycles. The molecule has 2 rings (SSSR count). The third-order valence-corrected chi connectivity index (χ3v) is 3.69. The van der Waals surface area contributed by atoms with Gasteiger partial charge < -0.3 is 5.32 Å². The van der Waals surface area contributed by atoms with Crippen LogP contribution in [0.2, 0.25) is 0 Å². The molecular formula is C16H21F2N. The van der Waals surface area contributed by atoms with Gasteiger partial charge in [-0.15, -0.1) is 0 Å². The monoisotopic (exact) mass is 265 g/mol. The molecule has 1 aliphatic rings. The van der Waals surface area contributed by atoms with Crippen LogP contribution in [0.1, 0.15) is 51.1 Å². The number of rotatable bonds is 4. The summed E-state index contributed by atoms with van der Waals surface area (Å²) in [6.07, 6.45) is 6.30. The maximum atomic E-state index is 13.9. The lowest BCUT2D eigenvalue weighted by Gasteiger charge is -2.30. The second-order valence-electron chi connectivity index (χ2n) is 5.19. The van der Waals surface area contributed by atoms with Crippen molar-refractivity contribution in [1.29, 1.82) is 0 Å². The Morgan fingerprint density at radius 1 is 1.26 bits per heavy atom. The van der Waals surface area contributed by atoms with Crippen molar-refractivity contribution in [2.24, 2.45) is 0 Å². The van der Waals surface area contributed by atoms with Gasteiger partial charge in [-0.05, 0) is 25.3 Å². The molecule has 1 nitrogen and oxygen atoms in total. The van der Waals surface area contributed by atoms with Gasteiger partial charge in [-0.2, -0.15) is 0 Å². The van der Waals surface area contributed by atoms with E-state index in [4.69, 9.17) is 0 Å². The minimum Gasteiger partial charge on any atom is -0.304 e. The van der Waals surface area contributed by atoms with Gasteiger partial charge in [0.1, 0.15) is 11.6 Å². The molecule has 1 N–H and O–H groups in total. The van der Waals surface area contributed by atoms with Gasteiger partial charge >= 0.3 is 0 Å². The van der Waals surface area contributed by atoms with Crippen molar-refractivity contribution in [3.05, 3.63) is 47.0 Å². The fourth-order valence-corrected chi connectivity index (χ4v) is 2.68. The van der Waals surface area contributed by atoms with E-state index in [0.29, 0.717) is 11.6 Å². The van der Waals surface area contributed by atoms with Crippen LogP contribution < -0.4 is 5.32 Å². The van der Waals surface area contributed by atoms with Crippen molar-refractivity contribution in [2.45, 2.75) is 51.6 Å². The van der Waals surface area contributed by atoms with Gasteiger partial charge in [0.2, 0.25) is 0 Å². The van der Waals surface area contributed by atoms with Crippen molar-refractivity contribution in [2.75, 3.05) is 0 Å². The largest absolute Gasteiger partial charge is 0.304 e. The highest BCUT2D eigenvalue weighted by atomic mass is 19.1. The minimum atomic E-state index is -0.526. The number of hydrogen-bond acceptors (Lipinski definition) is 1. The number of benzene rings is 1. The van der Waals surface area contributed by atoms with E-state index < -0.39 is 11.6 Å². The molecule has 0 bridgehead atoms. The van der Waals surface area contributed by atoms with Gasteiger partial charge in [-0.1, -0.05) is 38.0 Å². The molecule has 1 aromatic carbocycles. The van der Waals surface area contributed by atoms with Crippen molar-refractivity contribution in [3.63, 3.8) is 0 Å². The van der Waals surface area contributed by atoms with Crippen LogP contribution in [0, 0.1) is 11.6 Å². The standard InChI is InChI=1S/C16H21F2N/c1-3-5-11-8-13(4-2)19-16(9-11)14-7-6-12(17)10-15(14)18/h6-7,9-10,13,16,19H,3-5,8H2,1-2H3. The van der Waals surface area contributed by atoms with Crippen molar-refractivity contribution in [1.82, 2.24) is 5.32 Å². The quantitative estimate of drug-likeness (QED) is 0.790. The summed E-state index contributed by atoms with van der Waals surface area (Å²) in [5.74, 6) is -0.997. The molecule has 0 amide bonds. The van der Waals surface area contributed by atoms with Crippen LogP contribution in [0.3, 0.4) is 0 Å². The molecule has 104 valence electrons. The van der Waals surface area contributed by atoms with E-state index in [2.05, 4.69) is 25.2 Å². The van der Waals surface area contributed by atoms with Crippen LogP contribution in [-0.4, -0.2) is 6.04 Å². The van der Waals surface area contributed by atoms with Gasteiger partial charge in [0.15, 0.2) is 0 Å². The second kappa shape index (κ2) is 6.29. The molecule has 2 unspecified atom stereocenters. The summed E-state index contributed by atoms with van der Waals surface area (Å²) >= 11 is 0. The van der Waals surface area contributed by atoms with E-state index in [1.165, 1.54) is 11.6 Å². The maximum absolute atomic E-state index is 13.9. The first-order valence-electron chi connectivity index (χ1n) is 7.04. The molecular weight excluding hydrogens is 244 g/mol. The van der Waals surface area contributed by atoms with Crippen LogP contribution in [0.4, 0.5) is 8.78 Å². The molecule has 0 saturated carbocycles. The zero-order valence-electron chi connectivity index (χ0n) is 11.5. The molecule has 1 aliphatic heterocycles. The Balaban J connectivity index is 2.28. The first kappa shape index (κ1) is 14.2. The Morgan fingerprint density at radius 2 is 2.05 bits per heavy atom. The van der Waals surface area contributed by atoms with Crippen LogP contribution in [0.15, 0.2) is 29.8 Å². The molecule has 0 saturated heterocycles. The predicted molar refractivity (Wildman–Crippen MR) is 73.9 cm³/mol. The first-order valence-corrected chi connectivity index (χ1v) is 7.04. The average molecular weight is 265 g/mol. The highest BCUT2D eigenvalue weighted by Gasteiger charge is 2.23. The summed E-state index contributed by atoms with van der Waals surface area (Å²) in [5.41, 5.74) is 1.91. The lowest BCUT2D eigenvalue weighted by molar-refractivity contribution is 0.421. The fraction of sp³-hybridized carbons (Fsp3) is 0.500. The summed E-state index contributed by atoms with van der Waals surface area (Å²) in [4.78, 5) is 0. The summed E-state index contributed by atoms with van der Waals surface area (Å²) < 4.78 is 26.8. The molecule has 0 spiro atoms. The number of halogens is 2. The Kier molecular flexibility index (Phi) is 4.70. The third-order valence-electron chi connectivity index (χ3n) is 3.69. The predicted octanol–water partition coefficient (Wildman–Crippen LogP) is 4.50. The highest BCUT2D eigenvalue weighted by Crippen LogP contribution is 2.29. The zero-order valence-corrected chi connectivity index (χ0v) is 11.5. The molecule has 1 heterocycles. The number of nitrogens with one attached hydrogen (secondary N) is 1. The normalized spacial score (nSPS) is 23.3. The van der Waals surface area contributed by atoms with Crippen molar-refractivity contribution < 1.29 is 8.78 Å². The van der Waals surface area contributed by atoms with E-state index in [0.717, 1.165) is 31.7 Å². The van der Waals surface area contributed by atoms with E-state index in [-0.39, 0.29) is 6.04 Å². The summed E-state index contributed by atoms with van der Waals surface area (Å²) in [5, 5.41) is 3.43. The molecule has 0 aromatic heterocycles. The SMILES string of the molecule is CCCC1=CC(c2ccc(F)cc2F)NC(CC)C1. The molecule has 0 radical (unpaired) electrons. The van der Waals surface area contributed by atoms with Gasteiger partial charge in [-0.3, -0.25) is 0 Å². The molecule has 19 heavy (non-hydrogen) atoms. The van der Waals surface area contributed by atoms with E-state index in [1.54, 1.807) is 6.07 Å². The Morgan fingerprint density at radius 3 is 2.68 bits per heavy atom. The lowest BCUT2D eigenvalue weighted by atomic mass is 9.90. The van der Waals surface area contributed by atoms with E-state index >= 15 is 0 Å². The molecule has 3 heteroatoms. The zero-order chi connectivity index (χ0) is 13.8. The van der Waals surface area contributed by atoms with Crippen LogP contribution in [-0.2, 0) is 0 Å². The fourth-order valence-electron chi connectivity index (χ4n) is 2.68. The molecule has 2 atom stereocenters. The van der Waals surface area contributed by atoms with Crippen LogP contribution in [0.25, 0.3) is 0 Å². The van der Waals surface area contributed by atoms with Crippen LogP contribution >= 0.6 is 0 Å². The van der Waals surface area contributed by atoms with Gasteiger partial charge in [0.05, 0.1) is 6.04 Å². The third kappa shape index (κ3) is 3.41. The van der Waals surface area contributed by atoms with Gasteiger partial charge in [0, 0.05) is 17.7 Å². The minimum absolute atomic E-state index is 0.138. The topological polar surface area (TPSA) is 12.0 Å². The average Bonchev–Trinajstić information content (AvgIpc) is 2.38. The Bertz CT molecular complexity index is 468. The smallest absolute Gasteiger partial charge is 0.131 e. The van der Waals surface area contributed by atoms with E-state index in [9.17, 15) is 8.78 Å². The second-order valence-corrected chi connectivity index (χ2v) is 5.19. The summed E-state index contributed by atoms with van der Waals surface area (Å²) in [6, 6.07) is 4.06. The summed E-state index contributed by atoms with van der Waals surface area (Å²) in [7, 11) is 0. The Labute approximate surface area is 113 Å². The van der Waals surface area contributed by atoms with Gasteiger partial charge in [-0.25, -0.2) is 8.78 Å². The van der Waals surface area contributed by atoms with E-state index in [1.807, 2.05) is 0 Å². The number of hydrogen-bond donors (Lipinski definition) is 1. The lowest BCUT2D eigenvalue weighted by Crippen LogP contribution is -2.35. The molecule has 0 fully saturated rings.